The number of carbonyl (C=O) groups excluding carboxylic acids is 1. The Kier molecular flexibility index (Phi) is 5.67. The van der Waals surface area contributed by atoms with E-state index in [0.29, 0.717) is 18.7 Å². The molecule has 4 heteroatoms. The van der Waals surface area contributed by atoms with Crippen LogP contribution >= 0.6 is 0 Å². The lowest BCUT2D eigenvalue weighted by molar-refractivity contribution is -0.151. The lowest BCUT2D eigenvalue weighted by Crippen LogP contribution is -2.53. The van der Waals surface area contributed by atoms with Crippen molar-refractivity contribution in [1.82, 2.24) is 4.90 Å². The molecular weight excluding hydrogens is 264 g/mol. The van der Waals surface area contributed by atoms with Crippen molar-refractivity contribution in [3.05, 3.63) is 0 Å². The number of nitrogens with two attached hydrogens (primary N) is 1. The average molecular weight is 296 g/mol. The van der Waals surface area contributed by atoms with Gasteiger partial charge >= 0.3 is 5.97 Å². The number of carbonyl (C=O) groups is 1. The normalized spacial score (nSPS) is 37.6. The number of hydrogen-bond donors (Lipinski definition) is 1. The smallest absolute Gasteiger partial charge is 0.326 e. The molecule has 122 valence electrons. The Labute approximate surface area is 129 Å². The first kappa shape index (κ1) is 16.8. The van der Waals surface area contributed by atoms with Gasteiger partial charge in [-0.1, -0.05) is 12.8 Å². The average Bonchev–Trinajstić information content (AvgIpc) is 2.81. The molecule has 0 radical (unpaired) electrons. The van der Waals surface area contributed by atoms with E-state index < -0.39 is 5.54 Å². The third-order valence-electron chi connectivity index (χ3n) is 5.64. The predicted molar refractivity (Wildman–Crippen MR) is 85.0 cm³/mol. The molecule has 21 heavy (non-hydrogen) atoms. The van der Waals surface area contributed by atoms with Crippen molar-refractivity contribution in [3.8, 4) is 0 Å². The van der Waals surface area contributed by atoms with Gasteiger partial charge in [0.25, 0.3) is 0 Å². The molecule has 0 aromatic carbocycles. The zero-order valence-corrected chi connectivity index (χ0v) is 13.9. The number of nitrogens with zero attached hydrogens (tertiary/aromatic N) is 1. The van der Waals surface area contributed by atoms with Crippen LogP contribution in [0.5, 0.6) is 0 Å². The van der Waals surface area contributed by atoms with Crippen LogP contribution in [0.3, 0.4) is 0 Å². The van der Waals surface area contributed by atoms with Crippen molar-refractivity contribution in [1.29, 1.82) is 0 Å². The molecule has 0 amide bonds. The highest BCUT2D eigenvalue weighted by Crippen LogP contribution is 2.37. The monoisotopic (exact) mass is 296 g/mol. The second kappa shape index (κ2) is 7.10. The molecule has 4 nitrogen and oxygen atoms in total. The van der Waals surface area contributed by atoms with Crippen molar-refractivity contribution >= 4 is 5.97 Å². The highest BCUT2D eigenvalue weighted by atomic mass is 16.5. The van der Waals surface area contributed by atoms with Crippen LogP contribution in [-0.2, 0) is 9.53 Å². The fraction of sp³-hybridized carbons (Fsp3) is 0.941. The largest absolute Gasteiger partial charge is 0.465 e. The van der Waals surface area contributed by atoms with Crippen molar-refractivity contribution in [2.75, 3.05) is 13.2 Å². The van der Waals surface area contributed by atoms with Gasteiger partial charge in [-0.05, 0) is 65.3 Å². The van der Waals surface area contributed by atoms with Crippen molar-refractivity contribution in [2.24, 2.45) is 11.7 Å². The fourth-order valence-electron chi connectivity index (χ4n) is 4.26. The van der Waals surface area contributed by atoms with E-state index in [1.807, 2.05) is 6.92 Å². The molecule has 0 bridgehead atoms. The summed E-state index contributed by atoms with van der Waals surface area (Å²) in [7, 11) is 0. The summed E-state index contributed by atoms with van der Waals surface area (Å²) in [6.07, 6.45) is 7.83. The quantitative estimate of drug-likeness (QED) is 0.793. The third kappa shape index (κ3) is 3.59. The molecule has 1 saturated heterocycles. The number of likely N-dealkylation sites (tertiary alicyclic amines) is 1. The van der Waals surface area contributed by atoms with Crippen LogP contribution in [0, 0.1) is 5.92 Å². The van der Waals surface area contributed by atoms with E-state index in [0.717, 1.165) is 32.2 Å². The highest BCUT2D eigenvalue weighted by Gasteiger charge is 2.46. The fourth-order valence-corrected chi connectivity index (χ4v) is 4.26. The molecule has 0 aromatic rings. The van der Waals surface area contributed by atoms with Crippen LogP contribution in [0.25, 0.3) is 0 Å². The summed E-state index contributed by atoms with van der Waals surface area (Å²) in [6, 6.07) is 1.31. The Morgan fingerprint density at radius 1 is 1.24 bits per heavy atom. The summed E-state index contributed by atoms with van der Waals surface area (Å²) in [5, 5.41) is 0. The Balaban J connectivity index is 1.93. The van der Waals surface area contributed by atoms with Crippen LogP contribution in [0.4, 0.5) is 0 Å². The van der Waals surface area contributed by atoms with Gasteiger partial charge in [-0.2, -0.15) is 0 Å². The van der Waals surface area contributed by atoms with Gasteiger partial charge in [0.2, 0.25) is 0 Å². The number of hydrogen-bond acceptors (Lipinski definition) is 4. The van der Waals surface area contributed by atoms with E-state index >= 15 is 0 Å². The van der Waals surface area contributed by atoms with E-state index in [4.69, 9.17) is 10.5 Å². The summed E-state index contributed by atoms with van der Waals surface area (Å²) in [5.41, 5.74) is 5.69. The van der Waals surface area contributed by atoms with Crippen LogP contribution < -0.4 is 5.73 Å². The number of piperidine rings is 1. The molecule has 1 saturated carbocycles. The van der Waals surface area contributed by atoms with E-state index in [9.17, 15) is 4.79 Å². The van der Waals surface area contributed by atoms with Gasteiger partial charge in [-0.3, -0.25) is 9.69 Å². The highest BCUT2D eigenvalue weighted by molar-refractivity contribution is 5.81. The predicted octanol–water partition coefficient (Wildman–Crippen LogP) is 2.70. The second-order valence-electron chi connectivity index (χ2n) is 7.01. The zero-order chi connectivity index (χ0) is 15.5. The summed E-state index contributed by atoms with van der Waals surface area (Å²) < 4.78 is 5.22. The molecular formula is C17H32N2O2. The minimum atomic E-state index is -0.738. The van der Waals surface area contributed by atoms with Gasteiger partial charge in [-0.15, -0.1) is 0 Å². The minimum absolute atomic E-state index is 0.188. The third-order valence-corrected chi connectivity index (χ3v) is 5.64. The van der Waals surface area contributed by atoms with E-state index in [2.05, 4.69) is 18.7 Å². The zero-order valence-electron chi connectivity index (χ0n) is 13.9. The van der Waals surface area contributed by atoms with Gasteiger partial charge in [-0.25, -0.2) is 0 Å². The van der Waals surface area contributed by atoms with Gasteiger partial charge in [0, 0.05) is 12.1 Å². The first-order chi connectivity index (χ1) is 9.99. The SMILES string of the molecule is CCOC(=O)C1(N)CCCC1CCN1[C@H](C)CCC[C@@H]1C. The van der Waals surface area contributed by atoms with Crippen LogP contribution in [0.2, 0.25) is 0 Å². The summed E-state index contributed by atoms with van der Waals surface area (Å²) in [5.74, 6) is 0.0881. The molecule has 4 atom stereocenters. The number of esters is 1. The standard InChI is InChI=1S/C17H32N2O2/c1-4-21-16(20)17(18)11-6-9-15(17)10-12-19-13(2)7-5-8-14(19)3/h13-15H,4-12,18H2,1-3H3/t13-,14+,15?,17?. The maximum Gasteiger partial charge on any atom is 0.326 e. The molecule has 2 N–H and O–H groups in total. The number of ether oxygens (including phenoxy) is 1. The summed E-state index contributed by atoms with van der Waals surface area (Å²) >= 11 is 0. The molecule has 1 aliphatic carbocycles. The Hall–Kier alpha value is -0.610. The molecule has 2 aliphatic rings. The molecule has 0 aromatic heterocycles. The maximum absolute atomic E-state index is 12.2. The second-order valence-corrected chi connectivity index (χ2v) is 7.01. The molecule has 0 spiro atoms. The van der Waals surface area contributed by atoms with Crippen LogP contribution in [0.15, 0.2) is 0 Å². The van der Waals surface area contributed by atoms with Crippen molar-refractivity contribution in [3.63, 3.8) is 0 Å². The van der Waals surface area contributed by atoms with Crippen molar-refractivity contribution in [2.45, 2.75) is 83.3 Å². The topological polar surface area (TPSA) is 55.6 Å². The minimum Gasteiger partial charge on any atom is -0.465 e. The lowest BCUT2D eigenvalue weighted by Gasteiger charge is -2.40. The summed E-state index contributed by atoms with van der Waals surface area (Å²) in [6.45, 7) is 7.98. The Morgan fingerprint density at radius 3 is 2.52 bits per heavy atom. The van der Waals surface area contributed by atoms with Gasteiger partial charge < -0.3 is 10.5 Å². The molecule has 2 fully saturated rings. The molecule has 2 unspecified atom stereocenters. The molecule has 1 aliphatic heterocycles. The van der Waals surface area contributed by atoms with E-state index in [-0.39, 0.29) is 11.9 Å². The number of rotatable bonds is 5. The van der Waals surface area contributed by atoms with Crippen LogP contribution in [-0.4, -0.2) is 41.6 Å². The summed E-state index contributed by atoms with van der Waals surface area (Å²) in [4.78, 5) is 14.8. The van der Waals surface area contributed by atoms with Gasteiger partial charge in [0.05, 0.1) is 6.61 Å². The lowest BCUT2D eigenvalue weighted by atomic mass is 9.85. The van der Waals surface area contributed by atoms with Gasteiger partial charge in [0.1, 0.15) is 5.54 Å². The van der Waals surface area contributed by atoms with Crippen LogP contribution in [0.1, 0.15) is 65.7 Å². The molecule has 2 rings (SSSR count). The van der Waals surface area contributed by atoms with Crippen molar-refractivity contribution < 1.29 is 9.53 Å². The Bertz CT molecular complexity index is 351. The van der Waals surface area contributed by atoms with E-state index in [1.54, 1.807) is 0 Å². The Morgan fingerprint density at radius 2 is 1.90 bits per heavy atom. The first-order valence-corrected chi connectivity index (χ1v) is 8.71. The maximum atomic E-state index is 12.2. The van der Waals surface area contributed by atoms with E-state index in [1.165, 1.54) is 19.3 Å². The van der Waals surface area contributed by atoms with Gasteiger partial charge in [0.15, 0.2) is 0 Å². The first-order valence-electron chi connectivity index (χ1n) is 8.71. The molecule has 1 heterocycles.